The molecule has 0 radical (unpaired) electrons. The number of carbonyl (C=O) groups is 2. The number of hydrogen-bond acceptors (Lipinski definition) is 7. The topological polar surface area (TPSA) is 102 Å². The van der Waals surface area contributed by atoms with Crippen molar-refractivity contribution in [2.75, 3.05) is 0 Å². The molecule has 2 N–H and O–H groups in total. The third-order valence-electron chi connectivity index (χ3n) is 13.5. The Labute approximate surface area is 218 Å². The van der Waals surface area contributed by atoms with Crippen LogP contribution in [-0.2, 0) is 23.8 Å². The Morgan fingerprint density at radius 1 is 0.892 bits per heavy atom. The third kappa shape index (κ3) is 2.18. The maximum atomic E-state index is 13.1. The van der Waals surface area contributed by atoms with Crippen molar-refractivity contribution in [1.29, 1.82) is 0 Å². The fourth-order valence-corrected chi connectivity index (χ4v) is 12.3. The molecule has 5 bridgehead atoms. The molecule has 8 rings (SSSR count). The number of ether oxygens (including phenoxy) is 3. The lowest BCUT2D eigenvalue weighted by Gasteiger charge is -2.55. The average Bonchev–Trinajstić information content (AvgIpc) is 3.53. The summed E-state index contributed by atoms with van der Waals surface area (Å²) >= 11 is 0. The minimum Gasteiger partial charge on any atom is -0.461 e. The number of aliphatic hydroxyl groups is 2. The number of carbonyl (C=O) groups excluding carboxylic acids is 2. The molecular weight excluding hydrogens is 472 g/mol. The van der Waals surface area contributed by atoms with E-state index >= 15 is 0 Å². The van der Waals surface area contributed by atoms with Gasteiger partial charge in [-0.15, -0.1) is 0 Å². The molecule has 3 aliphatic heterocycles. The van der Waals surface area contributed by atoms with E-state index in [1.54, 1.807) is 0 Å². The maximum Gasteiger partial charge on any atom is 0.309 e. The van der Waals surface area contributed by atoms with E-state index < -0.39 is 28.3 Å². The van der Waals surface area contributed by atoms with E-state index in [2.05, 4.69) is 20.8 Å². The summed E-state index contributed by atoms with van der Waals surface area (Å²) in [4.78, 5) is 25.8. The summed E-state index contributed by atoms with van der Waals surface area (Å²) < 4.78 is 19.4. The molecule has 3 saturated heterocycles. The number of allylic oxidation sites excluding steroid dienone is 1. The minimum absolute atomic E-state index is 0.00116. The van der Waals surface area contributed by atoms with Gasteiger partial charge >= 0.3 is 11.9 Å². The predicted octanol–water partition coefficient (Wildman–Crippen LogP) is 3.01. The highest BCUT2D eigenvalue weighted by atomic mass is 16.6. The van der Waals surface area contributed by atoms with Gasteiger partial charge in [-0.2, -0.15) is 0 Å². The maximum absolute atomic E-state index is 13.1. The van der Waals surface area contributed by atoms with Crippen molar-refractivity contribution in [3.8, 4) is 0 Å². The van der Waals surface area contributed by atoms with Crippen LogP contribution in [0.4, 0.5) is 0 Å². The van der Waals surface area contributed by atoms with Gasteiger partial charge in [0, 0.05) is 23.7 Å². The first-order chi connectivity index (χ1) is 17.3. The van der Waals surface area contributed by atoms with Gasteiger partial charge < -0.3 is 24.4 Å². The molecule has 7 nitrogen and oxygen atoms in total. The second kappa shape index (κ2) is 6.47. The van der Waals surface area contributed by atoms with Crippen LogP contribution in [0.15, 0.2) is 11.1 Å². The van der Waals surface area contributed by atoms with Gasteiger partial charge in [-0.05, 0) is 76.7 Å². The second-order valence-corrected chi connectivity index (χ2v) is 14.7. The Hall–Kier alpha value is -1.44. The first kappa shape index (κ1) is 23.4. The number of fused-ring (bicyclic) bond motifs is 7. The zero-order valence-electron chi connectivity index (χ0n) is 22.7. The van der Waals surface area contributed by atoms with Crippen molar-refractivity contribution >= 4 is 11.9 Å². The van der Waals surface area contributed by atoms with Gasteiger partial charge in [-0.3, -0.25) is 9.59 Å². The summed E-state index contributed by atoms with van der Waals surface area (Å²) in [5.74, 6) is -0.748. The van der Waals surface area contributed by atoms with Crippen LogP contribution in [0.25, 0.3) is 0 Å². The van der Waals surface area contributed by atoms with E-state index in [-0.39, 0.29) is 77.4 Å². The highest BCUT2D eigenvalue weighted by Gasteiger charge is 2.91. The third-order valence-corrected chi connectivity index (χ3v) is 13.5. The molecule has 0 spiro atoms. The normalized spacial score (nSPS) is 64.5. The largest absolute Gasteiger partial charge is 0.461 e. The lowest BCUT2D eigenvalue weighted by molar-refractivity contribution is -0.254. The van der Waals surface area contributed by atoms with Crippen LogP contribution in [0.2, 0.25) is 0 Å². The standard InChI is InChI=1S/C30H40O7/c1-11-14-7-9-27(4,34)20-16(21(14)35-25(11)32)13(3)19-17(20)18-22-28(5)10-8-15-12(2)26(33)36-24(15)30(19,22)29(6,37-28)23(18)31/h11-12,14-15,17-24,31,34H,7-10H2,1-6H3/t11-,12-,14-,15-,17-,18+,19-,20-,21-,22-,23-,24-,27-,28-,29-,30-/m0/s1. The van der Waals surface area contributed by atoms with Gasteiger partial charge in [0.05, 0.1) is 34.6 Å². The molecular formula is C30H40O7. The van der Waals surface area contributed by atoms with E-state index in [0.29, 0.717) is 6.42 Å². The van der Waals surface area contributed by atoms with Crippen molar-refractivity contribution < 1.29 is 34.0 Å². The highest BCUT2D eigenvalue weighted by molar-refractivity contribution is 5.76. The van der Waals surface area contributed by atoms with Crippen LogP contribution < -0.4 is 0 Å². The number of esters is 2. The SMILES string of the molecule is CC1=C2[C@H]3OC(=O)[C@@H](C)[C@@H]3CC[C@](C)(O)[C@@H]2[C@H]2[C@@H]3[C@@H]4[C@]5([C@H]6OC(=O)[C@@H](C)[C@@H]6CC[C@]4(C)O[C@@]5(C)[C@H]3O)[C@@H]12. The number of hydrogen-bond donors (Lipinski definition) is 2. The molecule has 0 aromatic heterocycles. The van der Waals surface area contributed by atoms with Gasteiger partial charge in [0.25, 0.3) is 0 Å². The van der Waals surface area contributed by atoms with Gasteiger partial charge in [0.2, 0.25) is 0 Å². The van der Waals surface area contributed by atoms with Gasteiger partial charge in [0.1, 0.15) is 17.8 Å². The Balaban J connectivity index is 1.39. The lowest BCUT2D eigenvalue weighted by Crippen LogP contribution is -2.64. The van der Waals surface area contributed by atoms with Crippen molar-refractivity contribution in [2.45, 2.75) is 102 Å². The lowest BCUT2D eigenvalue weighted by atomic mass is 9.54. The molecule has 5 aliphatic carbocycles. The number of aliphatic hydroxyl groups excluding tert-OH is 1. The molecule has 0 aromatic carbocycles. The Bertz CT molecular complexity index is 1170. The van der Waals surface area contributed by atoms with E-state index in [4.69, 9.17) is 14.2 Å². The smallest absolute Gasteiger partial charge is 0.309 e. The summed E-state index contributed by atoms with van der Waals surface area (Å²) in [6.07, 6.45) is 1.71. The Kier molecular flexibility index (Phi) is 4.10. The molecule has 16 atom stereocenters. The quantitative estimate of drug-likeness (QED) is 0.380. The molecule has 0 aromatic rings. The van der Waals surface area contributed by atoms with Crippen LogP contribution in [0.1, 0.15) is 67.2 Å². The number of rotatable bonds is 0. The molecule has 7 fully saturated rings. The van der Waals surface area contributed by atoms with Crippen LogP contribution in [-0.4, -0.2) is 57.3 Å². The average molecular weight is 513 g/mol. The summed E-state index contributed by atoms with van der Waals surface area (Å²) in [5, 5.41) is 24.2. The zero-order valence-corrected chi connectivity index (χ0v) is 22.7. The minimum atomic E-state index is -0.974. The monoisotopic (exact) mass is 512 g/mol. The summed E-state index contributed by atoms with van der Waals surface area (Å²) in [6.45, 7) is 12.4. The predicted molar refractivity (Wildman–Crippen MR) is 131 cm³/mol. The van der Waals surface area contributed by atoms with Crippen molar-refractivity contribution in [1.82, 2.24) is 0 Å². The van der Waals surface area contributed by atoms with E-state index in [1.165, 1.54) is 5.57 Å². The van der Waals surface area contributed by atoms with Crippen molar-refractivity contribution in [2.24, 2.45) is 58.7 Å². The first-order valence-corrected chi connectivity index (χ1v) is 14.5. The molecule has 202 valence electrons. The van der Waals surface area contributed by atoms with Crippen LogP contribution >= 0.6 is 0 Å². The first-order valence-electron chi connectivity index (χ1n) is 14.5. The van der Waals surface area contributed by atoms with E-state index in [1.807, 2.05) is 20.8 Å². The fourth-order valence-electron chi connectivity index (χ4n) is 12.3. The molecule has 4 saturated carbocycles. The summed E-state index contributed by atoms with van der Waals surface area (Å²) in [7, 11) is 0. The summed E-state index contributed by atoms with van der Waals surface area (Å²) in [6, 6.07) is 0. The molecule has 8 aliphatic rings. The van der Waals surface area contributed by atoms with Crippen LogP contribution in [0.5, 0.6) is 0 Å². The Morgan fingerprint density at radius 2 is 1.54 bits per heavy atom. The van der Waals surface area contributed by atoms with E-state index in [0.717, 1.165) is 24.8 Å². The van der Waals surface area contributed by atoms with Gasteiger partial charge in [0.15, 0.2) is 0 Å². The highest BCUT2D eigenvalue weighted by Crippen LogP contribution is 2.85. The van der Waals surface area contributed by atoms with Crippen molar-refractivity contribution in [3.63, 3.8) is 0 Å². The molecule has 7 heteroatoms. The van der Waals surface area contributed by atoms with Crippen LogP contribution in [0.3, 0.4) is 0 Å². The zero-order chi connectivity index (χ0) is 26.2. The van der Waals surface area contributed by atoms with Gasteiger partial charge in [-0.25, -0.2) is 0 Å². The second-order valence-electron chi connectivity index (χ2n) is 14.7. The fraction of sp³-hybridized carbons (Fsp3) is 0.867. The molecule has 37 heavy (non-hydrogen) atoms. The van der Waals surface area contributed by atoms with Crippen LogP contribution in [0, 0.1) is 58.7 Å². The Morgan fingerprint density at radius 3 is 2.27 bits per heavy atom. The summed E-state index contributed by atoms with van der Waals surface area (Å²) in [5.41, 5.74) is -0.528. The molecule has 0 amide bonds. The molecule has 0 unspecified atom stereocenters. The van der Waals surface area contributed by atoms with Crippen molar-refractivity contribution in [3.05, 3.63) is 11.1 Å². The van der Waals surface area contributed by atoms with E-state index in [9.17, 15) is 19.8 Å². The van der Waals surface area contributed by atoms with Gasteiger partial charge in [-0.1, -0.05) is 19.4 Å². The molecule has 3 heterocycles.